The summed E-state index contributed by atoms with van der Waals surface area (Å²) in [6, 6.07) is 5.55. The number of nitrogens with one attached hydrogen (secondary N) is 1. The number of aromatic carboxylic acids is 1. The average molecular weight is 549 g/mol. The molecule has 2 unspecified atom stereocenters. The number of nitrogens with zero attached hydrogens (tertiary/aromatic N) is 4. The number of fused-ring (bicyclic) bond motifs is 1. The minimum Gasteiger partial charge on any atom is -0.478 e. The van der Waals surface area contributed by atoms with Crippen LogP contribution in [0.5, 0.6) is 0 Å². The summed E-state index contributed by atoms with van der Waals surface area (Å²) >= 11 is 0. The number of carbonyl (C=O) groups is 3. The summed E-state index contributed by atoms with van der Waals surface area (Å²) in [5, 5.41) is 9.17. The number of rotatable bonds is 10. The summed E-state index contributed by atoms with van der Waals surface area (Å²) in [5.74, 6) is -2.63. The van der Waals surface area contributed by atoms with E-state index in [1.807, 2.05) is 13.8 Å². The van der Waals surface area contributed by atoms with Gasteiger partial charge in [0.15, 0.2) is 17.2 Å². The van der Waals surface area contributed by atoms with E-state index >= 15 is 0 Å². The molecule has 0 saturated carbocycles. The van der Waals surface area contributed by atoms with E-state index in [1.54, 1.807) is 9.29 Å². The second-order valence-electron chi connectivity index (χ2n) is 7.91. The van der Waals surface area contributed by atoms with Crippen molar-refractivity contribution in [2.45, 2.75) is 51.9 Å². The Kier molecular flexibility index (Phi) is 9.44. The number of nitrogens with two attached hydrogens (primary N) is 1. The molecular weight excluding hydrogens is 520 g/mol. The van der Waals surface area contributed by atoms with Gasteiger partial charge in [-0.1, -0.05) is 32.0 Å². The van der Waals surface area contributed by atoms with Gasteiger partial charge in [0.05, 0.1) is 24.6 Å². The number of carboxylic acid groups (broad SMARTS) is 1. The molecule has 15 heteroatoms. The van der Waals surface area contributed by atoms with Gasteiger partial charge in [-0.3, -0.25) is 18.3 Å². The lowest BCUT2D eigenvalue weighted by atomic mass is 10.0. The van der Waals surface area contributed by atoms with Crippen LogP contribution in [0.25, 0.3) is 11.2 Å². The maximum atomic E-state index is 12.3. The Labute approximate surface area is 218 Å². The van der Waals surface area contributed by atoms with Gasteiger partial charge in [0.2, 0.25) is 5.91 Å². The molecule has 204 valence electrons. The Balaban J connectivity index is 0.00000195. The van der Waals surface area contributed by atoms with Crippen LogP contribution in [0.3, 0.4) is 0 Å². The summed E-state index contributed by atoms with van der Waals surface area (Å²) < 4.78 is 38.4. The normalized spacial score (nSPS) is 17.0. The molecule has 3 heterocycles. The molecule has 4 rings (SSSR count). The van der Waals surface area contributed by atoms with Gasteiger partial charge in [0.25, 0.3) is 0 Å². The SMILES string of the molecule is CC.Nc1ncnc2c1ncn2C1CCC(COS(=O)(=O)NC(=O)CCC(=O)c2ccccc2C(=O)O)O1. The molecule has 1 aliphatic rings. The van der Waals surface area contributed by atoms with E-state index in [0.717, 1.165) is 0 Å². The molecule has 0 aliphatic carbocycles. The molecule has 0 bridgehead atoms. The van der Waals surface area contributed by atoms with Crippen LogP contribution in [-0.4, -0.2) is 63.4 Å². The van der Waals surface area contributed by atoms with Crippen molar-refractivity contribution >= 4 is 44.9 Å². The van der Waals surface area contributed by atoms with Crippen molar-refractivity contribution in [3.05, 3.63) is 48.0 Å². The Morgan fingerprint density at radius 1 is 1.13 bits per heavy atom. The van der Waals surface area contributed by atoms with Gasteiger partial charge in [-0.2, -0.15) is 8.42 Å². The molecule has 1 amide bonds. The van der Waals surface area contributed by atoms with E-state index in [2.05, 4.69) is 15.0 Å². The predicted octanol–water partition coefficient (Wildman–Crippen LogP) is 1.85. The van der Waals surface area contributed by atoms with Crippen molar-refractivity contribution in [3.8, 4) is 0 Å². The van der Waals surface area contributed by atoms with Gasteiger partial charge < -0.3 is 15.6 Å². The number of carboxylic acids is 1. The second kappa shape index (κ2) is 12.5. The van der Waals surface area contributed by atoms with E-state index in [0.29, 0.717) is 24.0 Å². The largest absolute Gasteiger partial charge is 0.478 e. The number of benzene rings is 1. The molecular formula is C23H28N6O8S. The van der Waals surface area contributed by atoms with Crippen molar-refractivity contribution in [3.63, 3.8) is 0 Å². The molecule has 38 heavy (non-hydrogen) atoms. The Morgan fingerprint density at radius 2 is 1.84 bits per heavy atom. The molecule has 4 N–H and O–H groups in total. The summed E-state index contributed by atoms with van der Waals surface area (Å²) in [5.41, 5.74) is 6.43. The molecule has 0 spiro atoms. The number of amides is 1. The maximum absolute atomic E-state index is 12.3. The summed E-state index contributed by atoms with van der Waals surface area (Å²) in [6.07, 6.45) is 1.93. The molecule has 1 aliphatic heterocycles. The van der Waals surface area contributed by atoms with Crippen LogP contribution in [0.1, 0.15) is 66.5 Å². The van der Waals surface area contributed by atoms with Gasteiger partial charge in [-0.15, -0.1) is 0 Å². The predicted molar refractivity (Wildman–Crippen MR) is 134 cm³/mol. The van der Waals surface area contributed by atoms with Crippen LogP contribution in [-0.2, 0) is 24.0 Å². The number of Topliss-reactive ketones (excluding diaryl/α,β-unsaturated/α-hetero) is 1. The van der Waals surface area contributed by atoms with Crippen molar-refractivity contribution in [1.29, 1.82) is 0 Å². The van der Waals surface area contributed by atoms with Crippen molar-refractivity contribution in [1.82, 2.24) is 24.2 Å². The van der Waals surface area contributed by atoms with Gasteiger partial charge in [-0.05, 0) is 18.9 Å². The van der Waals surface area contributed by atoms with Gasteiger partial charge >= 0.3 is 16.3 Å². The Bertz CT molecular complexity index is 1420. The van der Waals surface area contributed by atoms with E-state index in [-0.39, 0.29) is 30.0 Å². The van der Waals surface area contributed by atoms with Crippen molar-refractivity contribution in [2.24, 2.45) is 0 Å². The van der Waals surface area contributed by atoms with E-state index in [1.165, 1.54) is 36.9 Å². The molecule has 1 fully saturated rings. The fourth-order valence-electron chi connectivity index (χ4n) is 3.75. The molecule has 1 saturated heterocycles. The zero-order valence-electron chi connectivity index (χ0n) is 20.7. The minimum absolute atomic E-state index is 0.0651. The molecule has 0 radical (unpaired) electrons. The van der Waals surface area contributed by atoms with Crippen molar-refractivity contribution in [2.75, 3.05) is 12.3 Å². The van der Waals surface area contributed by atoms with Gasteiger partial charge in [0, 0.05) is 18.4 Å². The Morgan fingerprint density at radius 3 is 2.55 bits per heavy atom. The van der Waals surface area contributed by atoms with Gasteiger partial charge in [0.1, 0.15) is 18.1 Å². The summed E-state index contributed by atoms with van der Waals surface area (Å²) in [6.45, 7) is 3.66. The average Bonchev–Trinajstić information content (AvgIpc) is 3.55. The number of ether oxygens (including phenoxy) is 1. The highest BCUT2D eigenvalue weighted by molar-refractivity contribution is 7.85. The van der Waals surface area contributed by atoms with Crippen LogP contribution in [0.2, 0.25) is 0 Å². The molecule has 1 aromatic carbocycles. The fraction of sp³-hybridized carbons (Fsp3) is 0.391. The molecule has 14 nitrogen and oxygen atoms in total. The van der Waals surface area contributed by atoms with Crippen LogP contribution in [0.15, 0.2) is 36.9 Å². The first-order valence-electron chi connectivity index (χ1n) is 11.8. The highest BCUT2D eigenvalue weighted by Crippen LogP contribution is 2.31. The first-order valence-corrected chi connectivity index (χ1v) is 13.2. The summed E-state index contributed by atoms with van der Waals surface area (Å²) in [4.78, 5) is 47.8. The topological polar surface area (TPSA) is 206 Å². The third-order valence-electron chi connectivity index (χ3n) is 5.47. The number of ketones is 1. The number of nitrogen functional groups attached to an aromatic ring is 1. The number of aromatic nitrogens is 4. The van der Waals surface area contributed by atoms with Crippen LogP contribution in [0, 0.1) is 0 Å². The molecule has 2 atom stereocenters. The smallest absolute Gasteiger partial charge is 0.362 e. The third kappa shape index (κ3) is 6.87. The van der Waals surface area contributed by atoms with Crippen LogP contribution >= 0.6 is 0 Å². The highest BCUT2D eigenvalue weighted by atomic mass is 32.2. The fourth-order valence-corrected chi connectivity index (χ4v) is 4.53. The number of carbonyl (C=O) groups excluding carboxylic acids is 2. The summed E-state index contributed by atoms with van der Waals surface area (Å²) in [7, 11) is -4.46. The second-order valence-corrected chi connectivity index (χ2v) is 9.26. The van der Waals surface area contributed by atoms with E-state index < -0.39 is 46.7 Å². The maximum Gasteiger partial charge on any atom is 0.362 e. The first kappa shape index (κ1) is 28.6. The van der Waals surface area contributed by atoms with Crippen LogP contribution in [0.4, 0.5) is 5.82 Å². The zero-order valence-corrected chi connectivity index (χ0v) is 21.6. The monoisotopic (exact) mass is 548 g/mol. The molecule has 2 aromatic heterocycles. The number of hydrogen-bond acceptors (Lipinski definition) is 11. The lowest BCUT2D eigenvalue weighted by Gasteiger charge is -2.15. The minimum atomic E-state index is -4.46. The number of hydrogen-bond donors (Lipinski definition) is 3. The molecule has 3 aromatic rings. The number of anilines is 1. The standard InChI is InChI=1S/C21H22N6O8S.C2H6/c22-19-18-20(24-10-23-19)27(11-25-18)17-8-5-12(35-17)9-34-36(32,33)26-16(29)7-6-15(28)13-3-1-2-4-14(13)21(30)31;1-2/h1-4,10-12,17H,5-9H2,(H,26,29)(H,30,31)(H2,22,23,24);1-2H3. The van der Waals surface area contributed by atoms with Crippen LogP contribution < -0.4 is 10.5 Å². The lowest BCUT2D eigenvalue weighted by Crippen LogP contribution is -2.34. The lowest BCUT2D eigenvalue weighted by molar-refractivity contribution is -0.119. The highest BCUT2D eigenvalue weighted by Gasteiger charge is 2.30. The Hall–Kier alpha value is -3.95. The quantitative estimate of drug-likeness (QED) is 0.310. The third-order valence-corrected chi connectivity index (χ3v) is 6.39. The van der Waals surface area contributed by atoms with Crippen molar-refractivity contribution < 1.29 is 36.8 Å². The first-order chi connectivity index (χ1) is 18.1. The zero-order chi connectivity index (χ0) is 27.9. The number of imidazole rings is 1. The van der Waals surface area contributed by atoms with Gasteiger partial charge in [-0.25, -0.2) is 24.5 Å². The van der Waals surface area contributed by atoms with E-state index in [9.17, 15) is 22.8 Å². The van der Waals surface area contributed by atoms with E-state index in [4.69, 9.17) is 19.8 Å².